The van der Waals surface area contributed by atoms with Crippen molar-refractivity contribution < 1.29 is 0 Å². The van der Waals surface area contributed by atoms with Crippen LogP contribution in [-0.4, -0.2) is 0 Å². The summed E-state index contributed by atoms with van der Waals surface area (Å²) in [6, 6.07) is 71.3. The standard InChI is InChI=1S/C50H32/c1-3-11-45-35(8-1)10-7-15-46(45)43-26-24-38-28-36(20-22-40(38)30-43)33-16-18-34(19-17-33)37-21-23-41-31-44(27-25-39(41)29-37)50-32-42-9-2-4-12-47(42)48-13-5-6-14-49(48)50/h1-32H. The summed E-state index contributed by atoms with van der Waals surface area (Å²) in [5.74, 6) is 0. The minimum absolute atomic E-state index is 1.22. The highest BCUT2D eigenvalue weighted by Crippen LogP contribution is 2.37. The van der Waals surface area contributed by atoms with Gasteiger partial charge in [-0.1, -0.05) is 164 Å². The van der Waals surface area contributed by atoms with E-state index in [1.54, 1.807) is 0 Å². The smallest absolute Gasteiger partial charge is 0.00988 e. The third-order valence-electron chi connectivity index (χ3n) is 10.4. The fraction of sp³-hybridized carbons (Fsp3) is 0. The minimum atomic E-state index is 1.22. The molecule has 0 fully saturated rings. The third kappa shape index (κ3) is 4.85. The van der Waals surface area contributed by atoms with Crippen LogP contribution in [0.3, 0.4) is 0 Å². The van der Waals surface area contributed by atoms with Crippen LogP contribution in [0.25, 0.3) is 98.4 Å². The largest absolute Gasteiger partial charge is 0.0616 e. The molecule has 50 heavy (non-hydrogen) atoms. The molecule has 10 aromatic carbocycles. The molecule has 0 unspecified atom stereocenters. The monoisotopic (exact) mass is 632 g/mol. The maximum absolute atomic E-state index is 2.34. The molecule has 0 nitrogen and oxygen atoms in total. The number of fused-ring (bicyclic) bond motifs is 6. The first-order valence-electron chi connectivity index (χ1n) is 17.3. The van der Waals surface area contributed by atoms with E-state index in [4.69, 9.17) is 0 Å². The highest BCUT2D eigenvalue weighted by molar-refractivity contribution is 6.14. The van der Waals surface area contributed by atoms with Gasteiger partial charge in [0.1, 0.15) is 0 Å². The van der Waals surface area contributed by atoms with E-state index in [9.17, 15) is 0 Å². The molecule has 0 radical (unpaired) electrons. The second kappa shape index (κ2) is 11.6. The maximum Gasteiger partial charge on any atom is -0.00988 e. The zero-order chi connectivity index (χ0) is 33.0. The molecule has 10 rings (SSSR count). The molecular formula is C50H32. The van der Waals surface area contributed by atoms with Gasteiger partial charge in [-0.25, -0.2) is 0 Å². The van der Waals surface area contributed by atoms with E-state index >= 15 is 0 Å². The predicted octanol–water partition coefficient (Wildman–Crippen LogP) is 14.1. The van der Waals surface area contributed by atoms with Gasteiger partial charge >= 0.3 is 0 Å². The summed E-state index contributed by atoms with van der Waals surface area (Å²) in [4.78, 5) is 0. The molecule has 0 saturated heterocycles. The van der Waals surface area contributed by atoms with Gasteiger partial charge in [0, 0.05) is 0 Å². The summed E-state index contributed by atoms with van der Waals surface area (Å²) in [6.07, 6.45) is 0. The molecule has 0 heterocycles. The van der Waals surface area contributed by atoms with Crippen LogP contribution in [0.2, 0.25) is 0 Å². The van der Waals surface area contributed by atoms with Crippen molar-refractivity contribution in [2.45, 2.75) is 0 Å². The lowest BCUT2D eigenvalue weighted by molar-refractivity contribution is 1.61. The Morgan fingerprint density at radius 2 is 0.600 bits per heavy atom. The van der Waals surface area contributed by atoms with Crippen molar-refractivity contribution in [2.75, 3.05) is 0 Å². The zero-order valence-electron chi connectivity index (χ0n) is 27.5. The van der Waals surface area contributed by atoms with E-state index in [2.05, 4.69) is 194 Å². The predicted molar refractivity (Wildman–Crippen MR) is 216 cm³/mol. The lowest BCUT2D eigenvalue weighted by Gasteiger charge is -2.12. The van der Waals surface area contributed by atoms with Crippen LogP contribution >= 0.6 is 0 Å². The Balaban J connectivity index is 0.941. The van der Waals surface area contributed by atoms with Gasteiger partial charge in [-0.2, -0.15) is 0 Å². The molecule has 0 aliphatic heterocycles. The fourth-order valence-corrected chi connectivity index (χ4v) is 7.81. The van der Waals surface area contributed by atoms with Crippen molar-refractivity contribution >= 4 is 53.9 Å². The molecule has 0 aliphatic rings. The van der Waals surface area contributed by atoms with Gasteiger partial charge < -0.3 is 0 Å². The molecule has 10 aromatic rings. The van der Waals surface area contributed by atoms with Gasteiger partial charge in [0.05, 0.1) is 0 Å². The molecule has 232 valence electrons. The van der Waals surface area contributed by atoms with Crippen LogP contribution in [0.15, 0.2) is 194 Å². The minimum Gasteiger partial charge on any atom is -0.0616 e. The molecule has 0 spiro atoms. The summed E-state index contributed by atoms with van der Waals surface area (Å²) in [6.45, 7) is 0. The van der Waals surface area contributed by atoms with Crippen molar-refractivity contribution in [2.24, 2.45) is 0 Å². The Bertz CT molecular complexity index is 2900. The van der Waals surface area contributed by atoms with E-state index < -0.39 is 0 Å². The molecule has 0 aromatic heterocycles. The third-order valence-corrected chi connectivity index (χ3v) is 10.4. The quantitative estimate of drug-likeness (QED) is 0.169. The van der Waals surface area contributed by atoms with Crippen LogP contribution in [0.4, 0.5) is 0 Å². The Morgan fingerprint density at radius 1 is 0.180 bits per heavy atom. The van der Waals surface area contributed by atoms with E-state index in [1.807, 2.05) is 0 Å². The van der Waals surface area contributed by atoms with Crippen molar-refractivity contribution in [1.29, 1.82) is 0 Å². The Kier molecular flexibility index (Phi) is 6.60. The van der Waals surface area contributed by atoms with E-state index in [-0.39, 0.29) is 0 Å². The number of benzene rings is 10. The van der Waals surface area contributed by atoms with Crippen molar-refractivity contribution in [3.8, 4) is 44.5 Å². The van der Waals surface area contributed by atoms with Crippen LogP contribution in [0.5, 0.6) is 0 Å². The van der Waals surface area contributed by atoms with Gasteiger partial charge in [0.2, 0.25) is 0 Å². The average molecular weight is 633 g/mol. The van der Waals surface area contributed by atoms with Gasteiger partial charge in [0.15, 0.2) is 0 Å². The highest BCUT2D eigenvalue weighted by Gasteiger charge is 2.11. The van der Waals surface area contributed by atoms with Gasteiger partial charge in [0.25, 0.3) is 0 Å². The lowest BCUT2D eigenvalue weighted by atomic mass is 9.91. The molecule has 0 saturated carbocycles. The first kappa shape index (κ1) is 28.5. The van der Waals surface area contributed by atoms with Crippen molar-refractivity contribution in [3.05, 3.63) is 194 Å². The molecule has 0 aliphatic carbocycles. The summed E-state index contributed by atoms with van der Waals surface area (Å²) in [5, 5.41) is 12.7. The number of hydrogen-bond acceptors (Lipinski definition) is 0. The van der Waals surface area contributed by atoms with Gasteiger partial charge in [-0.05, 0) is 129 Å². The molecule has 0 bridgehead atoms. The molecular weight excluding hydrogens is 601 g/mol. The molecule has 0 heteroatoms. The summed E-state index contributed by atoms with van der Waals surface area (Å²) >= 11 is 0. The van der Waals surface area contributed by atoms with Crippen molar-refractivity contribution in [1.82, 2.24) is 0 Å². The van der Waals surface area contributed by atoms with Crippen LogP contribution < -0.4 is 0 Å². The molecule has 0 atom stereocenters. The fourth-order valence-electron chi connectivity index (χ4n) is 7.81. The second-order valence-corrected chi connectivity index (χ2v) is 13.3. The van der Waals surface area contributed by atoms with Crippen LogP contribution in [-0.2, 0) is 0 Å². The van der Waals surface area contributed by atoms with E-state index in [0.717, 1.165) is 0 Å². The van der Waals surface area contributed by atoms with Crippen LogP contribution in [0.1, 0.15) is 0 Å². The van der Waals surface area contributed by atoms with Gasteiger partial charge in [-0.3, -0.25) is 0 Å². The maximum atomic E-state index is 2.34. The Morgan fingerprint density at radius 3 is 1.22 bits per heavy atom. The van der Waals surface area contributed by atoms with E-state index in [0.29, 0.717) is 0 Å². The Labute approximate surface area is 291 Å². The second-order valence-electron chi connectivity index (χ2n) is 13.3. The van der Waals surface area contributed by atoms with Gasteiger partial charge in [-0.15, -0.1) is 0 Å². The van der Waals surface area contributed by atoms with Crippen LogP contribution in [0, 0.1) is 0 Å². The number of rotatable bonds is 4. The summed E-state index contributed by atoms with van der Waals surface area (Å²) in [7, 11) is 0. The average Bonchev–Trinajstić information content (AvgIpc) is 3.19. The SMILES string of the molecule is c1ccc2c(-c3ccc4cc(-c5ccc(-c6ccc7cc(-c8cc9ccccc9c9ccccc89)ccc7c6)cc5)ccc4c3)cccc2c1. The Hall–Kier alpha value is -6.50. The topological polar surface area (TPSA) is 0 Å². The van der Waals surface area contributed by atoms with Crippen molar-refractivity contribution in [3.63, 3.8) is 0 Å². The normalized spacial score (nSPS) is 11.6. The summed E-state index contributed by atoms with van der Waals surface area (Å²) < 4.78 is 0. The zero-order valence-corrected chi connectivity index (χ0v) is 27.5. The molecule has 0 N–H and O–H groups in total. The first-order valence-corrected chi connectivity index (χ1v) is 17.3. The molecule has 0 amide bonds. The number of hydrogen-bond donors (Lipinski definition) is 0. The highest BCUT2D eigenvalue weighted by atomic mass is 14.1. The lowest BCUT2D eigenvalue weighted by Crippen LogP contribution is -1.86. The first-order chi connectivity index (χ1) is 24.7. The van der Waals surface area contributed by atoms with E-state index in [1.165, 1.54) is 98.4 Å². The summed E-state index contributed by atoms with van der Waals surface area (Å²) in [5.41, 5.74) is 9.96.